The summed E-state index contributed by atoms with van der Waals surface area (Å²) in [6, 6.07) is 0. The number of nitrogen functional groups attached to an aromatic ring is 1. The number of rotatable bonds is 3. The first-order valence-corrected chi connectivity index (χ1v) is 6.56. The Morgan fingerprint density at radius 3 is 2.75 bits per heavy atom. The number of thiazole rings is 1. The van der Waals surface area contributed by atoms with E-state index in [1.54, 1.807) is 17.5 Å². The van der Waals surface area contributed by atoms with Crippen molar-refractivity contribution in [1.29, 1.82) is 0 Å². The first-order chi connectivity index (χ1) is 7.68. The van der Waals surface area contributed by atoms with Crippen LogP contribution in [-0.4, -0.2) is 15.0 Å². The van der Waals surface area contributed by atoms with E-state index in [-0.39, 0.29) is 0 Å². The largest absolute Gasteiger partial charge is 0.383 e. The summed E-state index contributed by atoms with van der Waals surface area (Å²) >= 11 is 3.13. The third-order valence-corrected chi connectivity index (χ3v) is 3.95. The summed E-state index contributed by atoms with van der Waals surface area (Å²) < 4.78 is 0.972. The predicted molar refractivity (Wildman–Crippen MR) is 66.8 cm³/mol. The highest BCUT2D eigenvalue weighted by molar-refractivity contribution is 8.01. The van der Waals surface area contributed by atoms with Crippen LogP contribution in [0.5, 0.6) is 0 Å². The molecule has 0 fully saturated rings. The van der Waals surface area contributed by atoms with Gasteiger partial charge >= 0.3 is 0 Å². The average molecular weight is 252 g/mol. The van der Waals surface area contributed by atoms with Crippen LogP contribution in [0.3, 0.4) is 0 Å². The van der Waals surface area contributed by atoms with Gasteiger partial charge in [0.25, 0.3) is 0 Å². The summed E-state index contributed by atoms with van der Waals surface area (Å²) in [6.07, 6.45) is 3.28. The van der Waals surface area contributed by atoms with Gasteiger partial charge in [0, 0.05) is 17.1 Å². The molecule has 4 nitrogen and oxygen atoms in total. The molecule has 0 saturated heterocycles. The van der Waals surface area contributed by atoms with E-state index in [9.17, 15) is 0 Å². The Hall–Kier alpha value is -1.14. The first-order valence-electron chi connectivity index (χ1n) is 4.86. The fourth-order valence-electron chi connectivity index (χ4n) is 1.36. The van der Waals surface area contributed by atoms with Crippen LogP contribution < -0.4 is 5.73 Å². The highest BCUT2D eigenvalue weighted by Crippen LogP contribution is 2.34. The van der Waals surface area contributed by atoms with E-state index in [4.69, 9.17) is 5.73 Å². The molecule has 0 radical (unpaired) electrons. The quantitative estimate of drug-likeness (QED) is 0.851. The van der Waals surface area contributed by atoms with Crippen molar-refractivity contribution in [3.63, 3.8) is 0 Å². The molecule has 0 unspecified atom stereocenters. The smallest absolute Gasteiger partial charge is 0.156 e. The molecule has 0 saturated carbocycles. The number of hydrogen-bond acceptors (Lipinski definition) is 6. The second-order valence-electron chi connectivity index (χ2n) is 3.53. The Morgan fingerprint density at radius 2 is 2.12 bits per heavy atom. The van der Waals surface area contributed by atoms with Gasteiger partial charge in [0.2, 0.25) is 0 Å². The zero-order chi connectivity index (χ0) is 11.5. The van der Waals surface area contributed by atoms with E-state index in [0.717, 1.165) is 14.9 Å². The number of nitrogens with two attached hydrogens (primary N) is 1. The van der Waals surface area contributed by atoms with E-state index < -0.39 is 0 Å². The van der Waals surface area contributed by atoms with Gasteiger partial charge in [-0.15, -0.1) is 11.3 Å². The third kappa shape index (κ3) is 2.33. The SMILES string of the molecule is CC(C)c1c(N)ncnc1Sc1nccs1. The fraction of sp³-hybridized carbons (Fsp3) is 0.300. The van der Waals surface area contributed by atoms with Crippen LogP contribution in [0.4, 0.5) is 5.82 Å². The van der Waals surface area contributed by atoms with E-state index >= 15 is 0 Å². The first kappa shape index (κ1) is 11.3. The Morgan fingerprint density at radius 1 is 1.31 bits per heavy atom. The molecule has 6 heteroatoms. The maximum atomic E-state index is 5.87. The summed E-state index contributed by atoms with van der Waals surface area (Å²) in [5.74, 6) is 0.868. The van der Waals surface area contributed by atoms with Crippen LogP contribution in [0.2, 0.25) is 0 Å². The van der Waals surface area contributed by atoms with E-state index in [0.29, 0.717) is 11.7 Å². The molecule has 0 bridgehead atoms. The van der Waals surface area contributed by atoms with Gasteiger partial charge in [0.15, 0.2) is 4.34 Å². The lowest BCUT2D eigenvalue weighted by Crippen LogP contribution is -2.03. The second-order valence-corrected chi connectivity index (χ2v) is 5.66. The van der Waals surface area contributed by atoms with Crippen LogP contribution in [0, 0.1) is 0 Å². The van der Waals surface area contributed by atoms with Gasteiger partial charge in [-0.25, -0.2) is 15.0 Å². The van der Waals surface area contributed by atoms with Crippen molar-refractivity contribution in [1.82, 2.24) is 15.0 Å². The van der Waals surface area contributed by atoms with Gasteiger partial charge in [-0.3, -0.25) is 0 Å². The maximum Gasteiger partial charge on any atom is 0.156 e. The van der Waals surface area contributed by atoms with Gasteiger partial charge in [0.1, 0.15) is 17.2 Å². The number of anilines is 1. The monoisotopic (exact) mass is 252 g/mol. The zero-order valence-electron chi connectivity index (χ0n) is 9.04. The van der Waals surface area contributed by atoms with Crippen molar-refractivity contribution >= 4 is 28.9 Å². The van der Waals surface area contributed by atoms with E-state index in [2.05, 4.69) is 28.8 Å². The normalized spacial score (nSPS) is 10.9. The number of hydrogen-bond donors (Lipinski definition) is 1. The van der Waals surface area contributed by atoms with Crippen molar-refractivity contribution in [2.24, 2.45) is 0 Å². The molecule has 0 amide bonds. The molecule has 0 spiro atoms. The summed E-state index contributed by atoms with van der Waals surface area (Å²) in [5.41, 5.74) is 6.87. The highest BCUT2D eigenvalue weighted by Gasteiger charge is 2.14. The van der Waals surface area contributed by atoms with Crippen LogP contribution in [0.25, 0.3) is 0 Å². The molecule has 0 atom stereocenters. The average Bonchev–Trinajstić information content (AvgIpc) is 2.70. The molecule has 16 heavy (non-hydrogen) atoms. The molecule has 2 rings (SSSR count). The Labute approximate surface area is 102 Å². The van der Waals surface area contributed by atoms with Crippen molar-refractivity contribution in [2.45, 2.75) is 29.1 Å². The molecule has 2 aromatic rings. The summed E-state index contributed by atoms with van der Waals surface area (Å²) in [5, 5.41) is 2.85. The second kappa shape index (κ2) is 4.80. The lowest BCUT2D eigenvalue weighted by atomic mass is 10.1. The highest BCUT2D eigenvalue weighted by atomic mass is 32.2. The minimum atomic E-state index is 0.309. The van der Waals surface area contributed by atoms with Crippen molar-refractivity contribution in [2.75, 3.05) is 5.73 Å². The predicted octanol–water partition coefficient (Wildman–Crippen LogP) is 2.79. The van der Waals surface area contributed by atoms with Gasteiger partial charge < -0.3 is 5.73 Å². The molecule has 2 N–H and O–H groups in total. The van der Waals surface area contributed by atoms with Crippen molar-refractivity contribution < 1.29 is 0 Å². The molecule has 0 aliphatic heterocycles. The van der Waals surface area contributed by atoms with Gasteiger partial charge in [-0.1, -0.05) is 13.8 Å². The standard InChI is InChI=1S/C10H12N4S2/c1-6(2)7-8(11)13-5-14-9(7)16-10-12-3-4-15-10/h3-6H,1-2H3,(H2,11,13,14). The Kier molecular flexibility index (Phi) is 3.40. The lowest BCUT2D eigenvalue weighted by Gasteiger charge is -2.11. The minimum absolute atomic E-state index is 0.309. The Balaban J connectivity index is 2.37. The van der Waals surface area contributed by atoms with Crippen LogP contribution in [0.15, 0.2) is 27.3 Å². The van der Waals surface area contributed by atoms with E-state index in [1.807, 2.05) is 5.38 Å². The minimum Gasteiger partial charge on any atom is -0.383 e. The van der Waals surface area contributed by atoms with Crippen molar-refractivity contribution in [3.8, 4) is 0 Å². The van der Waals surface area contributed by atoms with E-state index in [1.165, 1.54) is 18.1 Å². The molecule has 0 aliphatic rings. The van der Waals surface area contributed by atoms with Gasteiger partial charge in [0.05, 0.1) is 0 Å². The number of aromatic nitrogens is 3. The van der Waals surface area contributed by atoms with Crippen LogP contribution in [-0.2, 0) is 0 Å². The summed E-state index contributed by atoms with van der Waals surface area (Å²) in [6.45, 7) is 4.17. The molecule has 0 aliphatic carbocycles. The molecule has 2 heterocycles. The van der Waals surface area contributed by atoms with Crippen molar-refractivity contribution in [3.05, 3.63) is 23.5 Å². The summed E-state index contributed by atoms with van der Waals surface area (Å²) in [7, 11) is 0. The topological polar surface area (TPSA) is 64.7 Å². The molecule has 2 aromatic heterocycles. The Bertz CT molecular complexity index is 468. The molecule has 0 aromatic carbocycles. The maximum absolute atomic E-state index is 5.87. The van der Waals surface area contributed by atoms with Crippen LogP contribution in [0.1, 0.15) is 25.3 Å². The lowest BCUT2D eigenvalue weighted by molar-refractivity contribution is 0.808. The zero-order valence-corrected chi connectivity index (χ0v) is 10.7. The molecule has 84 valence electrons. The number of nitrogens with zero attached hydrogens (tertiary/aromatic N) is 3. The molecular formula is C10H12N4S2. The fourth-order valence-corrected chi connectivity index (χ4v) is 3.14. The van der Waals surface area contributed by atoms with Crippen LogP contribution >= 0.6 is 23.1 Å². The third-order valence-electron chi connectivity index (χ3n) is 2.05. The molecular weight excluding hydrogens is 240 g/mol. The summed E-state index contributed by atoms with van der Waals surface area (Å²) in [4.78, 5) is 12.5. The van der Waals surface area contributed by atoms with Gasteiger partial charge in [-0.05, 0) is 17.7 Å². The van der Waals surface area contributed by atoms with Gasteiger partial charge in [-0.2, -0.15) is 0 Å².